The van der Waals surface area contributed by atoms with Gasteiger partial charge in [-0.1, -0.05) is 35.9 Å². The van der Waals surface area contributed by atoms with Crippen LogP contribution < -0.4 is 5.32 Å². The topological polar surface area (TPSA) is 29.1 Å². The van der Waals surface area contributed by atoms with Gasteiger partial charge >= 0.3 is 0 Å². The van der Waals surface area contributed by atoms with Crippen LogP contribution in [0, 0.1) is 6.92 Å². The lowest BCUT2D eigenvalue weighted by Crippen LogP contribution is -2.24. The first kappa shape index (κ1) is 13.5. The zero-order valence-corrected chi connectivity index (χ0v) is 12.6. The number of aryl methyl sites for hydroxylation is 1. The summed E-state index contributed by atoms with van der Waals surface area (Å²) in [5, 5.41) is 3.43. The Labute approximate surface area is 127 Å². The SMILES string of the molecule is Cc1ccc(NC(=O)C2Cc3ccccc3S2)c(Cl)c1. The van der Waals surface area contributed by atoms with Gasteiger partial charge in [0.25, 0.3) is 0 Å². The zero-order chi connectivity index (χ0) is 14.1. The van der Waals surface area contributed by atoms with Gasteiger partial charge in [-0.25, -0.2) is 0 Å². The molecule has 0 spiro atoms. The summed E-state index contributed by atoms with van der Waals surface area (Å²) in [7, 11) is 0. The highest BCUT2D eigenvalue weighted by Crippen LogP contribution is 2.37. The van der Waals surface area contributed by atoms with Crippen LogP contribution in [0.4, 0.5) is 5.69 Å². The molecule has 1 unspecified atom stereocenters. The second-order valence-corrected chi connectivity index (χ2v) is 6.54. The van der Waals surface area contributed by atoms with Crippen molar-refractivity contribution in [2.24, 2.45) is 0 Å². The van der Waals surface area contributed by atoms with Gasteiger partial charge in [-0.15, -0.1) is 11.8 Å². The van der Waals surface area contributed by atoms with E-state index in [1.165, 1.54) is 10.5 Å². The Morgan fingerprint density at radius 3 is 2.85 bits per heavy atom. The molecule has 20 heavy (non-hydrogen) atoms. The van der Waals surface area contributed by atoms with E-state index in [2.05, 4.69) is 17.4 Å². The molecule has 1 atom stereocenters. The molecule has 2 aromatic rings. The molecule has 1 N–H and O–H groups in total. The van der Waals surface area contributed by atoms with Crippen LogP contribution in [0.2, 0.25) is 5.02 Å². The van der Waals surface area contributed by atoms with Crippen LogP contribution in [0.3, 0.4) is 0 Å². The molecule has 102 valence electrons. The van der Waals surface area contributed by atoms with Crippen molar-refractivity contribution in [3.63, 3.8) is 0 Å². The standard InChI is InChI=1S/C16H14ClNOS/c1-10-6-7-13(12(17)8-10)18-16(19)15-9-11-4-2-3-5-14(11)20-15/h2-8,15H,9H2,1H3,(H,18,19). The number of carbonyl (C=O) groups is 1. The molecular weight excluding hydrogens is 290 g/mol. The van der Waals surface area contributed by atoms with E-state index in [4.69, 9.17) is 11.6 Å². The van der Waals surface area contributed by atoms with Crippen molar-refractivity contribution >= 4 is 35.0 Å². The van der Waals surface area contributed by atoms with Gasteiger partial charge in [-0.3, -0.25) is 4.79 Å². The van der Waals surface area contributed by atoms with Crippen LogP contribution in [0.15, 0.2) is 47.4 Å². The first-order valence-electron chi connectivity index (χ1n) is 6.45. The predicted molar refractivity (Wildman–Crippen MR) is 84.6 cm³/mol. The Hall–Kier alpha value is -1.45. The second-order valence-electron chi connectivity index (χ2n) is 4.89. The zero-order valence-electron chi connectivity index (χ0n) is 11.0. The third-order valence-electron chi connectivity index (χ3n) is 3.32. The maximum atomic E-state index is 12.3. The van der Waals surface area contributed by atoms with Crippen LogP contribution in [0.25, 0.3) is 0 Å². The third-order valence-corrected chi connectivity index (χ3v) is 4.95. The van der Waals surface area contributed by atoms with Crippen molar-refractivity contribution in [1.29, 1.82) is 0 Å². The third kappa shape index (κ3) is 2.69. The minimum atomic E-state index is -0.0789. The summed E-state index contributed by atoms with van der Waals surface area (Å²) in [5.41, 5.74) is 3.00. The van der Waals surface area contributed by atoms with Crippen LogP contribution in [-0.4, -0.2) is 11.2 Å². The predicted octanol–water partition coefficient (Wildman–Crippen LogP) is 4.30. The van der Waals surface area contributed by atoms with E-state index in [9.17, 15) is 4.79 Å². The fourth-order valence-electron chi connectivity index (χ4n) is 2.26. The fourth-order valence-corrected chi connectivity index (χ4v) is 3.74. The molecule has 2 aromatic carbocycles. The Bertz CT molecular complexity index is 646. The molecule has 4 heteroatoms. The van der Waals surface area contributed by atoms with Crippen molar-refractivity contribution in [3.8, 4) is 0 Å². The number of rotatable bonds is 2. The highest BCUT2D eigenvalue weighted by atomic mass is 35.5. The normalized spacial score (nSPS) is 16.8. The fraction of sp³-hybridized carbons (Fsp3) is 0.188. The molecule has 2 nitrogen and oxygen atoms in total. The summed E-state index contributed by atoms with van der Waals surface area (Å²) < 4.78 is 0. The van der Waals surface area contributed by atoms with E-state index in [0.717, 1.165) is 12.0 Å². The smallest absolute Gasteiger partial charge is 0.238 e. The van der Waals surface area contributed by atoms with Gasteiger partial charge in [-0.05, 0) is 42.7 Å². The maximum Gasteiger partial charge on any atom is 0.238 e. The second kappa shape index (κ2) is 5.51. The summed E-state index contributed by atoms with van der Waals surface area (Å²) in [6, 6.07) is 13.8. The number of hydrogen-bond donors (Lipinski definition) is 1. The van der Waals surface area contributed by atoms with Gasteiger partial charge in [0.05, 0.1) is 16.0 Å². The molecule has 0 aromatic heterocycles. The number of carbonyl (C=O) groups excluding carboxylic acids is 1. The molecule has 1 amide bonds. The summed E-state index contributed by atoms with van der Waals surface area (Å²) in [6.07, 6.45) is 0.774. The van der Waals surface area contributed by atoms with E-state index in [-0.39, 0.29) is 11.2 Å². The summed E-state index contributed by atoms with van der Waals surface area (Å²) in [6.45, 7) is 1.97. The minimum Gasteiger partial charge on any atom is -0.324 e. The van der Waals surface area contributed by atoms with Crippen molar-refractivity contribution in [2.75, 3.05) is 5.32 Å². The average Bonchev–Trinajstić information content (AvgIpc) is 2.86. The van der Waals surface area contributed by atoms with Gasteiger partial charge in [0, 0.05) is 4.90 Å². The van der Waals surface area contributed by atoms with Crippen LogP contribution in [0.1, 0.15) is 11.1 Å². The lowest BCUT2D eigenvalue weighted by atomic mass is 10.1. The van der Waals surface area contributed by atoms with E-state index in [1.54, 1.807) is 11.8 Å². The van der Waals surface area contributed by atoms with Gasteiger partial charge in [0.1, 0.15) is 0 Å². The molecule has 1 heterocycles. The number of benzene rings is 2. The summed E-state index contributed by atoms with van der Waals surface area (Å²) in [4.78, 5) is 13.5. The van der Waals surface area contributed by atoms with Gasteiger partial charge in [-0.2, -0.15) is 0 Å². The van der Waals surface area contributed by atoms with E-state index >= 15 is 0 Å². The number of hydrogen-bond acceptors (Lipinski definition) is 2. The number of thioether (sulfide) groups is 1. The molecule has 1 aliphatic heterocycles. The Balaban J connectivity index is 1.72. The van der Waals surface area contributed by atoms with Crippen LogP contribution >= 0.6 is 23.4 Å². The van der Waals surface area contributed by atoms with E-state index < -0.39 is 0 Å². The molecule has 0 radical (unpaired) electrons. The lowest BCUT2D eigenvalue weighted by molar-refractivity contribution is -0.115. The Kier molecular flexibility index (Phi) is 3.72. The number of anilines is 1. The minimum absolute atomic E-state index is 0.0111. The monoisotopic (exact) mass is 303 g/mol. The van der Waals surface area contributed by atoms with Gasteiger partial charge in [0.2, 0.25) is 5.91 Å². The molecule has 0 aliphatic carbocycles. The van der Waals surface area contributed by atoms with Crippen molar-refractivity contribution in [1.82, 2.24) is 0 Å². The summed E-state index contributed by atoms with van der Waals surface area (Å²) in [5.74, 6) is 0.0111. The average molecular weight is 304 g/mol. The first-order valence-corrected chi connectivity index (χ1v) is 7.71. The number of halogens is 1. The molecule has 0 saturated heterocycles. The first-order chi connectivity index (χ1) is 9.63. The highest BCUT2D eigenvalue weighted by Gasteiger charge is 2.28. The largest absolute Gasteiger partial charge is 0.324 e. The van der Waals surface area contributed by atoms with Crippen LogP contribution in [-0.2, 0) is 11.2 Å². The van der Waals surface area contributed by atoms with Crippen LogP contribution in [0.5, 0.6) is 0 Å². The molecular formula is C16H14ClNOS. The quantitative estimate of drug-likeness (QED) is 0.896. The van der Waals surface area contributed by atoms with E-state index in [0.29, 0.717) is 10.7 Å². The molecule has 0 saturated carbocycles. The number of fused-ring (bicyclic) bond motifs is 1. The lowest BCUT2D eigenvalue weighted by Gasteiger charge is -2.11. The van der Waals surface area contributed by atoms with Crippen molar-refractivity contribution in [3.05, 3.63) is 58.6 Å². The van der Waals surface area contributed by atoms with Crippen molar-refractivity contribution in [2.45, 2.75) is 23.5 Å². The Morgan fingerprint density at radius 1 is 1.30 bits per heavy atom. The molecule has 3 rings (SSSR count). The van der Waals surface area contributed by atoms with Gasteiger partial charge < -0.3 is 5.32 Å². The molecule has 0 fully saturated rings. The maximum absolute atomic E-state index is 12.3. The van der Waals surface area contributed by atoms with E-state index in [1.807, 2.05) is 37.3 Å². The summed E-state index contributed by atoms with van der Waals surface area (Å²) >= 11 is 7.77. The highest BCUT2D eigenvalue weighted by molar-refractivity contribution is 8.01. The van der Waals surface area contributed by atoms with Gasteiger partial charge in [0.15, 0.2) is 0 Å². The molecule has 0 bridgehead atoms. The van der Waals surface area contributed by atoms with Crippen molar-refractivity contribution < 1.29 is 4.79 Å². The Morgan fingerprint density at radius 2 is 2.10 bits per heavy atom. The molecule has 1 aliphatic rings. The number of nitrogens with one attached hydrogen (secondary N) is 1. The number of amides is 1.